The predicted octanol–water partition coefficient (Wildman–Crippen LogP) is 4.09. The number of aromatic nitrogens is 1. The van der Waals surface area contributed by atoms with E-state index in [0.29, 0.717) is 24.8 Å². The number of ether oxygens (including phenoxy) is 1. The van der Waals surface area contributed by atoms with Gasteiger partial charge in [-0.05, 0) is 49.6 Å². The molecule has 0 bridgehead atoms. The van der Waals surface area contributed by atoms with Crippen LogP contribution in [-0.4, -0.2) is 30.1 Å². The molecule has 1 saturated carbocycles. The second-order valence-corrected chi connectivity index (χ2v) is 7.96. The van der Waals surface area contributed by atoms with E-state index in [-0.39, 0.29) is 5.91 Å². The number of nitrogens with two attached hydrogens (primary N) is 1. The van der Waals surface area contributed by atoms with Gasteiger partial charge in [-0.25, -0.2) is 4.98 Å². The molecule has 2 aromatic carbocycles. The fourth-order valence-electron chi connectivity index (χ4n) is 2.90. The molecule has 4 rings (SSSR count). The lowest BCUT2D eigenvalue weighted by molar-refractivity contribution is 0.0951. The second-order valence-electron chi connectivity index (χ2n) is 7.11. The summed E-state index contributed by atoms with van der Waals surface area (Å²) in [5, 5.41) is 9.16. The van der Waals surface area contributed by atoms with E-state index in [1.165, 1.54) is 11.3 Å². The molecule has 1 aromatic heterocycles. The number of nitrogens with zero attached hydrogens (tertiary/aromatic N) is 1. The fourth-order valence-corrected chi connectivity index (χ4v) is 3.63. The lowest BCUT2D eigenvalue weighted by atomic mass is 10.1. The van der Waals surface area contributed by atoms with Gasteiger partial charge in [-0.15, -0.1) is 11.3 Å². The number of rotatable bonds is 8. The minimum atomic E-state index is -0.0235. The van der Waals surface area contributed by atoms with Crippen LogP contribution in [0.4, 0.5) is 10.8 Å². The van der Waals surface area contributed by atoms with E-state index in [9.17, 15) is 4.79 Å². The third kappa shape index (κ3) is 4.93. The van der Waals surface area contributed by atoms with E-state index in [0.717, 1.165) is 46.2 Å². The highest BCUT2D eigenvalue weighted by Gasteiger charge is 2.24. The number of aryl methyl sites for hydroxylation is 1. The predicted molar refractivity (Wildman–Crippen MR) is 117 cm³/mol. The lowest BCUT2D eigenvalue weighted by Gasteiger charge is -2.10. The average molecular weight is 409 g/mol. The van der Waals surface area contributed by atoms with Crippen molar-refractivity contribution in [1.82, 2.24) is 10.3 Å². The molecule has 0 unspecified atom stereocenters. The Morgan fingerprint density at radius 1 is 1.28 bits per heavy atom. The third-order valence-corrected chi connectivity index (χ3v) is 5.43. The van der Waals surface area contributed by atoms with Crippen molar-refractivity contribution in [2.45, 2.75) is 25.8 Å². The number of amides is 1. The Labute approximate surface area is 174 Å². The van der Waals surface area contributed by atoms with Gasteiger partial charge in [0.15, 0.2) is 5.13 Å². The van der Waals surface area contributed by atoms with E-state index >= 15 is 0 Å². The van der Waals surface area contributed by atoms with Gasteiger partial charge in [0.1, 0.15) is 12.4 Å². The largest absolute Gasteiger partial charge is 0.492 e. The summed E-state index contributed by atoms with van der Waals surface area (Å²) in [5.74, 6) is 0.755. The maximum Gasteiger partial charge on any atom is 0.251 e. The Morgan fingerprint density at radius 3 is 2.93 bits per heavy atom. The minimum absolute atomic E-state index is 0.0235. The topological polar surface area (TPSA) is 89.3 Å². The number of carbonyl (C=O) groups is 1. The zero-order chi connectivity index (χ0) is 20.2. The van der Waals surface area contributed by atoms with Crippen molar-refractivity contribution in [3.63, 3.8) is 0 Å². The Bertz CT molecular complexity index is 1010. The minimum Gasteiger partial charge on any atom is -0.492 e. The molecular weight excluding hydrogens is 384 g/mol. The maximum absolute atomic E-state index is 12.3. The van der Waals surface area contributed by atoms with Gasteiger partial charge < -0.3 is 21.1 Å². The Hall–Kier alpha value is -2.90. The Morgan fingerprint density at radius 2 is 2.14 bits per heavy atom. The molecule has 4 N–H and O–H groups in total. The van der Waals surface area contributed by atoms with Gasteiger partial charge in [-0.2, -0.15) is 0 Å². The molecule has 0 saturated heterocycles. The van der Waals surface area contributed by atoms with Crippen LogP contribution in [0, 0.1) is 6.92 Å². The van der Waals surface area contributed by atoms with E-state index < -0.39 is 0 Å². The molecule has 3 aromatic rings. The van der Waals surface area contributed by atoms with E-state index in [2.05, 4.69) is 10.6 Å². The van der Waals surface area contributed by atoms with Gasteiger partial charge in [-0.3, -0.25) is 4.79 Å². The Kier molecular flexibility index (Phi) is 5.78. The molecule has 6 nitrogen and oxygen atoms in total. The average Bonchev–Trinajstić information content (AvgIpc) is 3.42. The standard InChI is InChI=1S/C22H24N4O2S/c1-14-5-6-16(21(27)24-17-7-8-17)12-19(14)25-22-26-20(13-29-22)15-3-2-4-18(11-15)28-10-9-23/h2-6,11-13,17H,7-10,23H2,1H3,(H,24,27)(H,25,26). The first-order valence-electron chi connectivity index (χ1n) is 9.70. The SMILES string of the molecule is Cc1ccc(C(=O)NC2CC2)cc1Nc1nc(-c2cccc(OCCN)c2)cs1. The summed E-state index contributed by atoms with van der Waals surface area (Å²) in [7, 11) is 0. The first kappa shape index (κ1) is 19.4. The zero-order valence-electron chi connectivity index (χ0n) is 16.3. The number of hydrogen-bond donors (Lipinski definition) is 3. The summed E-state index contributed by atoms with van der Waals surface area (Å²) in [5.41, 5.74) is 9.96. The first-order valence-corrected chi connectivity index (χ1v) is 10.6. The summed E-state index contributed by atoms with van der Waals surface area (Å²) >= 11 is 1.52. The van der Waals surface area contributed by atoms with E-state index in [1.54, 1.807) is 0 Å². The third-order valence-electron chi connectivity index (χ3n) is 4.67. The maximum atomic E-state index is 12.3. The van der Waals surface area contributed by atoms with Crippen molar-refractivity contribution >= 4 is 28.1 Å². The smallest absolute Gasteiger partial charge is 0.251 e. The van der Waals surface area contributed by atoms with Crippen molar-refractivity contribution in [2.75, 3.05) is 18.5 Å². The molecule has 0 spiro atoms. The summed E-state index contributed by atoms with van der Waals surface area (Å²) < 4.78 is 5.60. The van der Waals surface area contributed by atoms with Crippen molar-refractivity contribution < 1.29 is 9.53 Å². The number of benzene rings is 2. The molecule has 29 heavy (non-hydrogen) atoms. The molecule has 1 aliphatic carbocycles. The van der Waals surface area contributed by atoms with Gasteiger partial charge in [0.2, 0.25) is 0 Å². The molecule has 1 aliphatic rings. The van der Waals surface area contributed by atoms with Crippen LogP contribution in [0.5, 0.6) is 5.75 Å². The molecule has 0 aliphatic heterocycles. The summed E-state index contributed by atoms with van der Waals surface area (Å²) in [6.45, 7) is 2.97. The molecule has 150 valence electrons. The van der Waals surface area contributed by atoms with Gasteiger partial charge in [0.25, 0.3) is 5.91 Å². The summed E-state index contributed by atoms with van der Waals surface area (Å²) in [6.07, 6.45) is 2.14. The zero-order valence-corrected chi connectivity index (χ0v) is 17.1. The molecular formula is C22H24N4O2S. The fraction of sp³-hybridized carbons (Fsp3) is 0.273. The molecule has 0 radical (unpaired) electrons. The highest BCUT2D eigenvalue weighted by atomic mass is 32.1. The number of nitrogens with one attached hydrogen (secondary N) is 2. The molecule has 0 atom stereocenters. The normalized spacial score (nSPS) is 13.2. The van der Waals surface area contributed by atoms with Gasteiger partial charge in [0, 0.05) is 34.8 Å². The van der Waals surface area contributed by atoms with Crippen LogP contribution >= 0.6 is 11.3 Å². The highest BCUT2D eigenvalue weighted by molar-refractivity contribution is 7.14. The van der Waals surface area contributed by atoms with Crippen molar-refractivity contribution in [3.8, 4) is 17.0 Å². The van der Waals surface area contributed by atoms with Crippen LogP contribution in [0.25, 0.3) is 11.3 Å². The number of thiazole rings is 1. The van der Waals surface area contributed by atoms with Gasteiger partial charge in [0.05, 0.1) is 5.69 Å². The van der Waals surface area contributed by atoms with Crippen LogP contribution in [0.15, 0.2) is 47.8 Å². The van der Waals surface area contributed by atoms with Crippen molar-refractivity contribution in [2.24, 2.45) is 5.73 Å². The number of hydrogen-bond acceptors (Lipinski definition) is 6. The van der Waals surface area contributed by atoms with E-state index in [4.69, 9.17) is 15.5 Å². The second kappa shape index (κ2) is 8.63. The van der Waals surface area contributed by atoms with Gasteiger partial charge >= 0.3 is 0 Å². The first-order chi connectivity index (χ1) is 14.1. The number of anilines is 2. The van der Waals surface area contributed by atoms with Crippen LogP contribution < -0.4 is 21.1 Å². The van der Waals surface area contributed by atoms with Crippen LogP contribution in [0.2, 0.25) is 0 Å². The highest BCUT2D eigenvalue weighted by Crippen LogP contribution is 2.30. The molecule has 1 amide bonds. The van der Waals surface area contributed by atoms with Crippen LogP contribution in [0.1, 0.15) is 28.8 Å². The van der Waals surface area contributed by atoms with Crippen LogP contribution in [-0.2, 0) is 0 Å². The summed E-state index contributed by atoms with van der Waals surface area (Å²) in [6, 6.07) is 13.9. The monoisotopic (exact) mass is 408 g/mol. The summed E-state index contributed by atoms with van der Waals surface area (Å²) in [4.78, 5) is 17.0. The van der Waals surface area contributed by atoms with E-state index in [1.807, 2.05) is 54.8 Å². The van der Waals surface area contributed by atoms with Crippen molar-refractivity contribution in [1.29, 1.82) is 0 Å². The Balaban J connectivity index is 1.49. The number of carbonyl (C=O) groups excluding carboxylic acids is 1. The van der Waals surface area contributed by atoms with Gasteiger partial charge in [-0.1, -0.05) is 18.2 Å². The van der Waals surface area contributed by atoms with Crippen LogP contribution in [0.3, 0.4) is 0 Å². The lowest BCUT2D eigenvalue weighted by Crippen LogP contribution is -2.25. The van der Waals surface area contributed by atoms with Crippen molar-refractivity contribution in [3.05, 3.63) is 59.0 Å². The molecule has 1 heterocycles. The quantitative estimate of drug-likeness (QED) is 0.522. The molecule has 1 fully saturated rings. The molecule has 7 heteroatoms.